The first-order valence-corrected chi connectivity index (χ1v) is 23.9. The molecule has 3 aliphatic heterocycles. The van der Waals surface area contributed by atoms with Crippen LogP contribution in [0.3, 0.4) is 0 Å². The number of piperidine rings is 3. The van der Waals surface area contributed by atoms with Gasteiger partial charge in [-0.05, 0) is 147 Å². The van der Waals surface area contributed by atoms with E-state index in [1.54, 1.807) is 13.1 Å². The van der Waals surface area contributed by atoms with E-state index in [-0.39, 0.29) is 35.3 Å². The molecule has 1 saturated carbocycles. The number of hydrogen-bond acceptors (Lipinski definition) is 11. The third kappa shape index (κ3) is 11.2. The van der Waals surface area contributed by atoms with Crippen LogP contribution in [0.4, 0.5) is 26.1 Å². The van der Waals surface area contributed by atoms with Crippen LogP contribution >= 0.6 is 11.9 Å². The lowest BCUT2D eigenvalue weighted by atomic mass is 9.77. The molecule has 7 rings (SSSR count). The number of anilines is 2. The molecule has 1 aliphatic carbocycles. The van der Waals surface area contributed by atoms with E-state index < -0.39 is 11.6 Å². The van der Waals surface area contributed by atoms with Gasteiger partial charge in [0.05, 0.1) is 17.8 Å². The van der Waals surface area contributed by atoms with E-state index >= 15 is 8.78 Å². The van der Waals surface area contributed by atoms with Gasteiger partial charge in [-0.2, -0.15) is 0 Å². The van der Waals surface area contributed by atoms with E-state index in [9.17, 15) is 9.59 Å². The zero-order valence-corrected chi connectivity index (χ0v) is 38.0. The van der Waals surface area contributed by atoms with Gasteiger partial charge in [-0.1, -0.05) is 36.2 Å². The molecule has 1 atom stereocenters. The van der Waals surface area contributed by atoms with Crippen molar-refractivity contribution in [2.75, 3.05) is 69.6 Å². The Kier molecular flexibility index (Phi) is 16.0. The van der Waals surface area contributed by atoms with Crippen LogP contribution in [0.15, 0.2) is 47.6 Å². The molecule has 1 amide bonds. The van der Waals surface area contributed by atoms with Crippen molar-refractivity contribution in [3.05, 3.63) is 65.4 Å². The van der Waals surface area contributed by atoms with Crippen LogP contribution in [-0.4, -0.2) is 126 Å². The molecule has 4 aliphatic rings. The second-order valence-electron chi connectivity index (χ2n) is 18.1. The lowest BCUT2D eigenvalue weighted by Crippen LogP contribution is -2.51. The number of nitrogens with one attached hydrogen (secondary N) is 2. The standard InChI is InChI=1S/C48H67F2N9O2S/c1-6-59(32(2)3)44-29-37(28-42(49)46(44)51-4)45-43(50)30-53-48(55-45)54-38-14-22-58(23-15-38)62-40-16-18-56(19-17-40)31-33-25-39(26-33)57-20-12-34(13-21-57)35-9-7-10-36(27-35)41(11-8-24-60)47(61)52-5/h7,9-10,24,27-30,32-34,38-41H,4,6,8,11-23,25-26,31H2,1-3,5H3,(H,52,61)(H,53,54,55). The van der Waals surface area contributed by atoms with Gasteiger partial charge < -0.3 is 30.1 Å². The third-order valence-corrected chi connectivity index (χ3v) is 15.2. The van der Waals surface area contributed by atoms with Gasteiger partial charge in [0.2, 0.25) is 11.9 Å². The monoisotopic (exact) mass is 872 g/mol. The minimum Gasteiger partial charge on any atom is -0.368 e. The Morgan fingerprint density at radius 1 is 1.02 bits per heavy atom. The van der Waals surface area contributed by atoms with E-state index in [1.807, 2.05) is 43.7 Å². The lowest BCUT2D eigenvalue weighted by molar-refractivity contribution is -0.122. The maximum atomic E-state index is 15.3. The summed E-state index contributed by atoms with van der Waals surface area (Å²) in [6.07, 6.45) is 12.2. The van der Waals surface area contributed by atoms with Gasteiger partial charge in [0.1, 0.15) is 17.7 Å². The van der Waals surface area contributed by atoms with Crippen molar-refractivity contribution in [3.8, 4) is 11.3 Å². The lowest BCUT2D eigenvalue weighted by Gasteiger charge is -2.47. The van der Waals surface area contributed by atoms with Crippen molar-refractivity contribution in [1.29, 1.82) is 0 Å². The predicted molar refractivity (Wildman–Crippen MR) is 249 cm³/mol. The highest BCUT2D eigenvalue weighted by Crippen LogP contribution is 2.40. The Morgan fingerprint density at radius 3 is 2.42 bits per heavy atom. The van der Waals surface area contributed by atoms with Crippen LogP contribution < -0.4 is 15.5 Å². The molecule has 2 N–H and O–H groups in total. The normalized spacial score (nSPS) is 21.7. The van der Waals surface area contributed by atoms with Crippen LogP contribution in [-0.2, 0) is 9.59 Å². The topological polar surface area (TPSA) is 109 Å². The highest BCUT2D eigenvalue weighted by molar-refractivity contribution is 7.97. The van der Waals surface area contributed by atoms with Gasteiger partial charge in [-0.3, -0.25) is 14.1 Å². The van der Waals surface area contributed by atoms with Crippen LogP contribution in [0, 0.1) is 17.6 Å². The molecular weight excluding hydrogens is 805 g/mol. The Balaban J connectivity index is 0.804. The number of rotatable bonds is 18. The number of nitrogens with zero attached hydrogens (tertiary/aromatic N) is 7. The zero-order valence-electron chi connectivity index (χ0n) is 37.2. The van der Waals surface area contributed by atoms with Gasteiger partial charge in [0, 0.05) is 68.6 Å². The highest BCUT2D eigenvalue weighted by Gasteiger charge is 2.37. The Hall–Kier alpha value is -3.98. The van der Waals surface area contributed by atoms with Crippen molar-refractivity contribution in [1.82, 2.24) is 29.4 Å². The van der Waals surface area contributed by atoms with Crippen LogP contribution in [0.5, 0.6) is 0 Å². The number of hydrogen-bond donors (Lipinski definition) is 2. The molecular formula is C48H67F2N9O2S. The Labute approximate surface area is 372 Å². The summed E-state index contributed by atoms with van der Waals surface area (Å²) in [5.74, 6) is 0.201. The number of benzene rings is 2. The van der Waals surface area contributed by atoms with Gasteiger partial charge in [0.15, 0.2) is 11.6 Å². The summed E-state index contributed by atoms with van der Waals surface area (Å²) in [4.78, 5) is 43.8. The van der Waals surface area contributed by atoms with Gasteiger partial charge >= 0.3 is 0 Å². The molecule has 0 spiro atoms. The van der Waals surface area contributed by atoms with Crippen LogP contribution in [0.1, 0.15) is 108 Å². The first-order valence-electron chi connectivity index (χ1n) is 23.1. The smallest absolute Gasteiger partial charge is 0.227 e. The van der Waals surface area contributed by atoms with Crippen molar-refractivity contribution in [3.63, 3.8) is 0 Å². The quantitative estimate of drug-likeness (QED) is 0.0735. The maximum Gasteiger partial charge on any atom is 0.227 e. The molecule has 4 heterocycles. The zero-order chi connectivity index (χ0) is 43.8. The summed E-state index contributed by atoms with van der Waals surface area (Å²) in [5, 5.41) is 6.87. The number of aromatic nitrogens is 2. The summed E-state index contributed by atoms with van der Waals surface area (Å²) in [5.41, 5.74) is 3.47. The summed E-state index contributed by atoms with van der Waals surface area (Å²) in [7, 11) is 1.67. The van der Waals surface area contributed by atoms with E-state index in [0.717, 1.165) is 69.6 Å². The van der Waals surface area contributed by atoms with E-state index in [4.69, 9.17) is 0 Å². The first-order chi connectivity index (χ1) is 30.1. The molecule has 2 aromatic carbocycles. The average Bonchev–Trinajstić information content (AvgIpc) is 3.27. The van der Waals surface area contributed by atoms with E-state index in [2.05, 4.69) is 64.6 Å². The molecule has 11 nitrogen and oxygen atoms in total. The molecule has 336 valence electrons. The van der Waals surface area contributed by atoms with E-state index in [0.29, 0.717) is 53.8 Å². The molecule has 62 heavy (non-hydrogen) atoms. The van der Waals surface area contributed by atoms with Gasteiger partial charge in [0.25, 0.3) is 0 Å². The fraction of sp³-hybridized carbons (Fsp3) is 0.604. The van der Waals surface area contributed by atoms with Crippen LogP contribution in [0.25, 0.3) is 11.3 Å². The number of amides is 1. The van der Waals surface area contributed by atoms with Crippen molar-refractivity contribution in [2.45, 2.75) is 120 Å². The number of likely N-dealkylation sites (tertiary alicyclic amines) is 2. The minimum absolute atomic E-state index is 0.0217. The largest absolute Gasteiger partial charge is 0.368 e. The highest BCUT2D eigenvalue weighted by atomic mass is 32.2. The SMILES string of the molecule is C=Nc1c(F)cc(-c2nc(NC3CCN(SC4CCN(CC5CC(N6CCC(c7cccc(C(CCC=O)C(=O)NC)c7)CC6)C5)CC4)CC3)ncc2F)cc1N(CC)C(C)C. The number of aliphatic imine (C=N–C) groups is 1. The van der Waals surface area contributed by atoms with Gasteiger partial charge in [-0.25, -0.2) is 18.7 Å². The molecule has 1 aromatic heterocycles. The molecule has 4 fully saturated rings. The van der Waals surface area contributed by atoms with Crippen molar-refractivity contribution >= 4 is 48.2 Å². The summed E-state index contributed by atoms with van der Waals surface area (Å²) >= 11 is 2.04. The summed E-state index contributed by atoms with van der Waals surface area (Å²) in [6.45, 7) is 18.0. The second-order valence-corrected chi connectivity index (χ2v) is 19.5. The van der Waals surface area contributed by atoms with E-state index in [1.165, 1.54) is 63.1 Å². The fourth-order valence-corrected chi connectivity index (χ4v) is 11.5. The number of aldehydes is 1. The molecule has 3 aromatic rings. The maximum absolute atomic E-state index is 15.3. The molecule has 0 bridgehead atoms. The second kappa shape index (κ2) is 21.6. The number of likely N-dealkylation sites (N-methyl/N-ethyl adjacent to an activating group) is 1. The van der Waals surface area contributed by atoms with Crippen LogP contribution in [0.2, 0.25) is 0 Å². The number of carbonyl (C=O) groups is 2. The molecule has 3 saturated heterocycles. The number of halogens is 2. The number of carbonyl (C=O) groups excluding carboxylic acids is 2. The predicted octanol–water partition coefficient (Wildman–Crippen LogP) is 8.44. The Bertz CT molecular complexity index is 1980. The molecule has 1 unspecified atom stereocenters. The third-order valence-electron chi connectivity index (χ3n) is 13.8. The average molecular weight is 872 g/mol. The van der Waals surface area contributed by atoms with Gasteiger partial charge in [-0.15, -0.1) is 0 Å². The minimum atomic E-state index is -0.599. The fourth-order valence-electron chi connectivity index (χ4n) is 10.2. The van der Waals surface area contributed by atoms with Crippen molar-refractivity contribution < 1.29 is 18.4 Å². The molecule has 0 radical (unpaired) electrons. The molecule has 14 heteroatoms. The first kappa shape index (κ1) is 46.0. The Morgan fingerprint density at radius 2 is 1.76 bits per heavy atom. The summed E-state index contributed by atoms with van der Waals surface area (Å²) in [6, 6.07) is 12.5. The summed E-state index contributed by atoms with van der Waals surface area (Å²) < 4.78 is 33.0. The van der Waals surface area contributed by atoms with Crippen molar-refractivity contribution in [2.24, 2.45) is 10.9 Å².